The number of amides is 1. The van der Waals surface area contributed by atoms with E-state index in [1.165, 1.54) is 12.4 Å². The molecule has 0 saturated heterocycles. The molecular formula is C5H4N3O. The van der Waals surface area contributed by atoms with Gasteiger partial charge in [-0.2, -0.15) is 0 Å². The zero-order valence-corrected chi connectivity index (χ0v) is 4.53. The van der Waals surface area contributed by atoms with Gasteiger partial charge < -0.3 is 5.73 Å². The van der Waals surface area contributed by atoms with Crippen molar-refractivity contribution in [3.05, 3.63) is 24.3 Å². The molecule has 4 heteroatoms. The second-order valence-corrected chi connectivity index (χ2v) is 1.40. The van der Waals surface area contributed by atoms with E-state index in [0.29, 0.717) is 0 Å². The van der Waals surface area contributed by atoms with Gasteiger partial charge in [0.05, 0.1) is 6.20 Å². The third kappa shape index (κ3) is 1.22. The summed E-state index contributed by atoms with van der Waals surface area (Å²) in [5.74, 6) is -0.561. The largest absolute Gasteiger partial charge is 0.364 e. The Balaban J connectivity index is 2.98. The summed E-state index contributed by atoms with van der Waals surface area (Å²) in [5, 5.41) is 0. The summed E-state index contributed by atoms with van der Waals surface area (Å²) in [5.41, 5.74) is 5.05. The van der Waals surface area contributed by atoms with Crippen molar-refractivity contribution in [3.63, 3.8) is 0 Å². The molecule has 0 spiro atoms. The number of nitrogens with two attached hydrogens (primary N) is 1. The predicted octanol–water partition coefficient (Wildman–Crippen LogP) is -0.624. The molecule has 0 aromatic carbocycles. The quantitative estimate of drug-likeness (QED) is 0.539. The third-order valence-corrected chi connectivity index (χ3v) is 0.783. The van der Waals surface area contributed by atoms with E-state index in [9.17, 15) is 4.79 Å². The van der Waals surface area contributed by atoms with Crippen molar-refractivity contribution >= 4 is 5.91 Å². The normalized spacial score (nSPS) is 8.89. The van der Waals surface area contributed by atoms with Crippen molar-refractivity contribution < 1.29 is 4.79 Å². The van der Waals surface area contributed by atoms with Crippen LogP contribution in [0.4, 0.5) is 0 Å². The molecule has 0 unspecified atom stereocenters. The SMILES string of the molecule is NC(=O)c1c[c]ncn1. The summed E-state index contributed by atoms with van der Waals surface area (Å²) in [4.78, 5) is 17.4. The molecule has 1 amide bonds. The molecule has 1 aromatic heterocycles. The third-order valence-electron chi connectivity index (χ3n) is 0.783. The highest BCUT2D eigenvalue weighted by Crippen LogP contribution is 1.85. The van der Waals surface area contributed by atoms with Crippen LogP contribution in [0.3, 0.4) is 0 Å². The van der Waals surface area contributed by atoms with Crippen molar-refractivity contribution in [2.45, 2.75) is 0 Å². The fourth-order valence-electron chi connectivity index (χ4n) is 0.395. The van der Waals surface area contributed by atoms with Crippen molar-refractivity contribution in [2.75, 3.05) is 0 Å². The van der Waals surface area contributed by atoms with E-state index in [4.69, 9.17) is 5.73 Å². The van der Waals surface area contributed by atoms with Gasteiger partial charge in [0, 0.05) is 0 Å². The van der Waals surface area contributed by atoms with Crippen LogP contribution >= 0.6 is 0 Å². The molecular weight excluding hydrogens is 118 g/mol. The number of primary amides is 1. The summed E-state index contributed by atoms with van der Waals surface area (Å²) in [6, 6.07) is 1.34. The Bertz CT molecular complexity index is 209. The molecule has 0 bridgehead atoms. The van der Waals surface area contributed by atoms with Gasteiger partial charge in [-0.1, -0.05) is 0 Å². The van der Waals surface area contributed by atoms with Gasteiger partial charge in [-0.05, 0) is 6.07 Å². The number of carbonyl (C=O) groups excluding carboxylic acids is 1. The Morgan fingerprint density at radius 3 is 2.89 bits per heavy atom. The predicted molar refractivity (Wildman–Crippen MR) is 29.4 cm³/mol. The minimum atomic E-state index is -0.561. The molecule has 0 atom stereocenters. The number of aromatic nitrogens is 2. The number of nitrogens with zero attached hydrogens (tertiary/aromatic N) is 2. The van der Waals surface area contributed by atoms with E-state index in [1.54, 1.807) is 0 Å². The van der Waals surface area contributed by atoms with Crippen molar-refractivity contribution in [3.8, 4) is 0 Å². The van der Waals surface area contributed by atoms with Crippen LogP contribution < -0.4 is 5.73 Å². The van der Waals surface area contributed by atoms with E-state index >= 15 is 0 Å². The number of carbonyl (C=O) groups is 1. The van der Waals surface area contributed by atoms with Gasteiger partial charge in [-0.15, -0.1) is 0 Å². The van der Waals surface area contributed by atoms with E-state index in [1.807, 2.05) is 0 Å². The fourth-order valence-corrected chi connectivity index (χ4v) is 0.395. The van der Waals surface area contributed by atoms with Crippen LogP contribution in [0, 0.1) is 6.20 Å². The topological polar surface area (TPSA) is 68.9 Å². The monoisotopic (exact) mass is 122 g/mol. The van der Waals surface area contributed by atoms with Gasteiger partial charge in [-0.25, -0.2) is 9.97 Å². The second kappa shape index (κ2) is 2.21. The van der Waals surface area contributed by atoms with E-state index in [-0.39, 0.29) is 5.69 Å². The first-order valence-electron chi connectivity index (χ1n) is 2.28. The van der Waals surface area contributed by atoms with Crippen LogP contribution in [0.1, 0.15) is 10.5 Å². The Morgan fingerprint density at radius 1 is 1.78 bits per heavy atom. The van der Waals surface area contributed by atoms with Crippen LogP contribution in [0.15, 0.2) is 12.4 Å². The molecule has 1 aromatic rings. The maximum atomic E-state index is 10.3. The van der Waals surface area contributed by atoms with Crippen LogP contribution in [-0.2, 0) is 0 Å². The minimum absolute atomic E-state index is 0.185. The van der Waals surface area contributed by atoms with Crippen molar-refractivity contribution in [1.29, 1.82) is 0 Å². The van der Waals surface area contributed by atoms with Gasteiger partial charge in [0.2, 0.25) is 0 Å². The molecule has 45 valence electrons. The lowest BCUT2D eigenvalue weighted by Gasteiger charge is -1.87. The zero-order chi connectivity index (χ0) is 6.69. The molecule has 4 nitrogen and oxygen atoms in total. The highest BCUT2D eigenvalue weighted by molar-refractivity contribution is 5.90. The number of rotatable bonds is 1. The first-order valence-corrected chi connectivity index (χ1v) is 2.28. The lowest BCUT2D eigenvalue weighted by atomic mass is 10.4. The first kappa shape index (κ1) is 5.68. The average Bonchev–Trinajstić information content (AvgIpc) is 1.90. The molecule has 1 heterocycles. The van der Waals surface area contributed by atoms with Crippen molar-refractivity contribution in [2.24, 2.45) is 5.73 Å². The van der Waals surface area contributed by atoms with Crippen molar-refractivity contribution in [1.82, 2.24) is 9.97 Å². The smallest absolute Gasteiger partial charge is 0.267 e. The minimum Gasteiger partial charge on any atom is -0.364 e. The molecule has 1 radical (unpaired) electrons. The highest BCUT2D eigenvalue weighted by Gasteiger charge is 1.97. The Labute approximate surface area is 51.7 Å². The van der Waals surface area contributed by atoms with Crippen LogP contribution in [0.2, 0.25) is 0 Å². The summed E-state index contributed by atoms with van der Waals surface area (Å²) in [7, 11) is 0. The standard InChI is InChI=1S/C5H4N3O/c6-5(9)4-1-2-7-3-8-4/h1,3H,(H2,6,9). The zero-order valence-electron chi connectivity index (χ0n) is 4.53. The average molecular weight is 122 g/mol. The summed E-state index contributed by atoms with van der Waals surface area (Å²) < 4.78 is 0. The fraction of sp³-hybridized carbons (Fsp3) is 0. The van der Waals surface area contributed by atoms with E-state index < -0.39 is 5.91 Å². The Kier molecular flexibility index (Phi) is 1.40. The summed E-state index contributed by atoms with van der Waals surface area (Å²) in [6.07, 6.45) is 3.65. The van der Waals surface area contributed by atoms with E-state index in [0.717, 1.165) is 0 Å². The lowest BCUT2D eigenvalue weighted by Crippen LogP contribution is -2.12. The molecule has 0 aliphatic carbocycles. The van der Waals surface area contributed by atoms with Gasteiger partial charge in [0.15, 0.2) is 0 Å². The lowest BCUT2D eigenvalue weighted by molar-refractivity contribution is 0.0995. The molecule has 0 saturated carbocycles. The van der Waals surface area contributed by atoms with Crippen LogP contribution in [-0.4, -0.2) is 15.9 Å². The molecule has 2 N–H and O–H groups in total. The maximum Gasteiger partial charge on any atom is 0.267 e. The maximum absolute atomic E-state index is 10.3. The summed E-state index contributed by atoms with van der Waals surface area (Å²) >= 11 is 0. The summed E-state index contributed by atoms with van der Waals surface area (Å²) in [6.45, 7) is 0. The molecule has 1 rings (SSSR count). The Hall–Kier alpha value is -1.45. The van der Waals surface area contributed by atoms with Gasteiger partial charge in [0.25, 0.3) is 5.91 Å². The van der Waals surface area contributed by atoms with Crippen LogP contribution in [0.25, 0.3) is 0 Å². The first-order chi connectivity index (χ1) is 4.30. The van der Waals surface area contributed by atoms with Gasteiger partial charge in [-0.3, -0.25) is 4.79 Å². The molecule has 0 aliphatic heterocycles. The molecule has 0 aliphatic rings. The number of hydrogen-bond donors (Lipinski definition) is 1. The van der Waals surface area contributed by atoms with Crippen LogP contribution in [0.5, 0.6) is 0 Å². The van der Waals surface area contributed by atoms with E-state index in [2.05, 4.69) is 16.2 Å². The Morgan fingerprint density at radius 2 is 2.56 bits per heavy atom. The van der Waals surface area contributed by atoms with Gasteiger partial charge >= 0.3 is 0 Å². The molecule has 9 heavy (non-hydrogen) atoms. The number of hydrogen-bond acceptors (Lipinski definition) is 3. The molecule has 0 fully saturated rings. The van der Waals surface area contributed by atoms with Gasteiger partial charge in [0.1, 0.15) is 12.0 Å². The highest BCUT2D eigenvalue weighted by atomic mass is 16.1. The second-order valence-electron chi connectivity index (χ2n) is 1.40.